The first-order valence-corrected chi connectivity index (χ1v) is 12.7. The molecule has 5 rings (SSSR count). The highest BCUT2D eigenvalue weighted by molar-refractivity contribution is 6.06. The number of nitrogens with zero attached hydrogens (tertiary/aromatic N) is 1. The Morgan fingerprint density at radius 1 is 1.11 bits per heavy atom. The Balaban J connectivity index is 1.40. The number of rotatable bonds is 7. The fourth-order valence-corrected chi connectivity index (χ4v) is 5.60. The maximum atomic E-state index is 14.4. The molecule has 0 radical (unpaired) electrons. The maximum Gasteiger partial charge on any atom is 0.255 e. The van der Waals surface area contributed by atoms with Gasteiger partial charge in [0, 0.05) is 37.0 Å². The maximum absolute atomic E-state index is 14.4. The Labute approximate surface area is 211 Å². The number of halogens is 1. The summed E-state index contributed by atoms with van der Waals surface area (Å²) >= 11 is 0. The number of carbonyl (C=O) groups is 2. The van der Waals surface area contributed by atoms with Crippen LogP contribution in [0.3, 0.4) is 0 Å². The number of methoxy groups -OCH3 is 1. The van der Waals surface area contributed by atoms with Gasteiger partial charge in [-0.15, -0.1) is 0 Å². The number of alkyl halides is 1. The van der Waals surface area contributed by atoms with E-state index in [-0.39, 0.29) is 31.5 Å². The molecule has 0 atom stereocenters. The van der Waals surface area contributed by atoms with Crippen molar-refractivity contribution in [1.82, 2.24) is 10.2 Å². The van der Waals surface area contributed by atoms with Gasteiger partial charge in [0.05, 0.1) is 7.11 Å². The van der Waals surface area contributed by atoms with Crippen LogP contribution in [0, 0.1) is 13.8 Å². The average molecular weight is 496 g/mol. The summed E-state index contributed by atoms with van der Waals surface area (Å²) in [6.45, 7) is 4.75. The van der Waals surface area contributed by atoms with Gasteiger partial charge in [-0.1, -0.05) is 25.3 Å². The van der Waals surface area contributed by atoms with E-state index < -0.39 is 11.2 Å². The van der Waals surface area contributed by atoms with E-state index in [1.807, 2.05) is 38.1 Å². The van der Waals surface area contributed by atoms with E-state index in [1.165, 1.54) is 0 Å². The quantitative estimate of drug-likeness (QED) is 0.599. The van der Waals surface area contributed by atoms with E-state index in [9.17, 15) is 14.0 Å². The Morgan fingerprint density at radius 2 is 1.86 bits per heavy atom. The van der Waals surface area contributed by atoms with E-state index in [2.05, 4.69) is 10.6 Å². The molecule has 0 spiro atoms. The first-order valence-electron chi connectivity index (χ1n) is 12.7. The predicted octanol–water partition coefficient (Wildman–Crippen LogP) is 4.30. The van der Waals surface area contributed by atoms with E-state index in [1.54, 1.807) is 18.1 Å². The molecule has 0 aromatic heterocycles. The molecule has 0 bridgehead atoms. The normalized spacial score (nSPS) is 19.9. The summed E-state index contributed by atoms with van der Waals surface area (Å²) in [5, 5.41) is 5.99. The number of ether oxygens (including phenoxy) is 2. The van der Waals surface area contributed by atoms with Gasteiger partial charge >= 0.3 is 0 Å². The van der Waals surface area contributed by atoms with Gasteiger partial charge < -0.3 is 25.0 Å². The number of amides is 2. The second kappa shape index (κ2) is 9.39. The highest BCUT2D eigenvalue weighted by Crippen LogP contribution is 2.42. The molecule has 2 aromatic carbocycles. The highest BCUT2D eigenvalue weighted by atomic mass is 19.1. The van der Waals surface area contributed by atoms with Crippen LogP contribution in [0.4, 0.5) is 10.1 Å². The molecule has 36 heavy (non-hydrogen) atoms. The number of hydrogen-bond acceptors (Lipinski definition) is 5. The Bertz CT molecular complexity index is 1190. The van der Waals surface area contributed by atoms with Crippen LogP contribution in [0.25, 0.3) is 0 Å². The third-order valence-corrected chi connectivity index (χ3v) is 7.91. The molecule has 2 aliphatic heterocycles. The van der Waals surface area contributed by atoms with Gasteiger partial charge in [-0.25, -0.2) is 4.39 Å². The zero-order valence-electron chi connectivity index (χ0n) is 21.2. The summed E-state index contributed by atoms with van der Waals surface area (Å²) in [6, 6.07) is 9.14. The summed E-state index contributed by atoms with van der Waals surface area (Å²) < 4.78 is 25.6. The Hall–Kier alpha value is -3.13. The first kappa shape index (κ1) is 24.6. The minimum absolute atomic E-state index is 0.0531. The van der Waals surface area contributed by atoms with Gasteiger partial charge in [-0.05, 0) is 61.6 Å². The number of benzene rings is 2. The van der Waals surface area contributed by atoms with Crippen molar-refractivity contribution in [3.63, 3.8) is 0 Å². The molecule has 2 aromatic rings. The van der Waals surface area contributed by atoms with Crippen LogP contribution in [-0.4, -0.2) is 54.7 Å². The SMILES string of the molecule is COc1cc(NC(=O)C2(N3Cc4c(C)cc(OCC5(F)CNC5)cc4C3=O)CCCCC2)ccc1C. The topological polar surface area (TPSA) is 79.9 Å². The van der Waals surface area contributed by atoms with Crippen molar-refractivity contribution in [2.45, 2.75) is 63.7 Å². The van der Waals surface area contributed by atoms with Crippen LogP contribution >= 0.6 is 0 Å². The number of fused-ring (bicyclic) bond motifs is 1. The fourth-order valence-electron chi connectivity index (χ4n) is 5.60. The van der Waals surface area contributed by atoms with Crippen molar-refractivity contribution in [2.24, 2.45) is 0 Å². The monoisotopic (exact) mass is 495 g/mol. The summed E-state index contributed by atoms with van der Waals surface area (Å²) in [5.74, 6) is 0.850. The lowest BCUT2D eigenvalue weighted by molar-refractivity contribution is -0.129. The van der Waals surface area contributed by atoms with Crippen LogP contribution in [0.5, 0.6) is 11.5 Å². The van der Waals surface area contributed by atoms with Crippen LogP contribution in [-0.2, 0) is 11.3 Å². The van der Waals surface area contributed by atoms with Crippen molar-refractivity contribution >= 4 is 17.5 Å². The van der Waals surface area contributed by atoms with Crippen molar-refractivity contribution in [1.29, 1.82) is 0 Å². The predicted molar refractivity (Wildman–Crippen MR) is 135 cm³/mol. The zero-order chi connectivity index (χ0) is 25.5. The lowest BCUT2D eigenvalue weighted by Crippen LogP contribution is -2.59. The van der Waals surface area contributed by atoms with E-state index >= 15 is 0 Å². The molecule has 2 fully saturated rings. The van der Waals surface area contributed by atoms with E-state index in [0.717, 1.165) is 36.0 Å². The molecule has 192 valence electrons. The van der Waals surface area contributed by atoms with Crippen molar-refractivity contribution in [3.8, 4) is 11.5 Å². The van der Waals surface area contributed by atoms with Crippen molar-refractivity contribution < 1.29 is 23.5 Å². The third kappa shape index (κ3) is 4.32. The number of nitrogens with one attached hydrogen (secondary N) is 2. The fraction of sp³-hybridized carbons (Fsp3) is 0.500. The van der Waals surface area contributed by atoms with Gasteiger partial charge in [0.15, 0.2) is 5.67 Å². The molecule has 3 aliphatic rings. The minimum atomic E-state index is -1.37. The van der Waals surface area contributed by atoms with E-state index in [0.29, 0.717) is 42.1 Å². The summed E-state index contributed by atoms with van der Waals surface area (Å²) in [6.07, 6.45) is 4.03. The zero-order valence-corrected chi connectivity index (χ0v) is 21.2. The number of hydrogen-bond donors (Lipinski definition) is 2. The Kier molecular flexibility index (Phi) is 6.41. The van der Waals surface area contributed by atoms with Crippen LogP contribution in [0.15, 0.2) is 30.3 Å². The van der Waals surface area contributed by atoms with Gasteiger partial charge in [-0.2, -0.15) is 0 Å². The molecular weight excluding hydrogens is 461 g/mol. The smallest absolute Gasteiger partial charge is 0.255 e. The summed E-state index contributed by atoms with van der Waals surface area (Å²) in [4.78, 5) is 29.4. The summed E-state index contributed by atoms with van der Waals surface area (Å²) in [5.41, 5.74) is 1.68. The molecule has 1 saturated heterocycles. The molecule has 2 N–H and O–H groups in total. The number of carbonyl (C=O) groups excluding carboxylic acids is 2. The van der Waals surface area contributed by atoms with Crippen molar-refractivity contribution in [3.05, 3.63) is 52.6 Å². The standard InChI is InChI=1S/C28H34FN3O4/c1-18-7-8-20(12-24(18)35-3)31-26(34)28(9-5-4-6-10-28)32-14-23-19(2)11-21(13-22(23)25(32)33)36-17-27(29)15-30-16-27/h7-8,11-13,30H,4-6,9-10,14-17H2,1-3H3,(H,31,34). The lowest BCUT2D eigenvalue weighted by Gasteiger charge is -2.43. The second-order valence-electron chi connectivity index (χ2n) is 10.4. The number of anilines is 1. The van der Waals surface area contributed by atoms with E-state index in [4.69, 9.17) is 9.47 Å². The largest absolute Gasteiger partial charge is 0.496 e. The van der Waals surface area contributed by atoms with Gasteiger partial charge in [0.25, 0.3) is 5.91 Å². The number of aryl methyl sites for hydroxylation is 2. The Morgan fingerprint density at radius 3 is 2.53 bits per heavy atom. The second-order valence-corrected chi connectivity index (χ2v) is 10.4. The molecule has 1 saturated carbocycles. The average Bonchev–Trinajstić information content (AvgIpc) is 3.20. The molecule has 0 unspecified atom stereocenters. The molecule has 2 heterocycles. The molecule has 7 nitrogen and oxygen atoms in total. The highest BCUT2D eigenvalue weighted by Gasteiger charge is 2.50. The molecule has 8 heteroatoms. The van der Waals surface area contributed by atoms with Gasteiger partial charge in [0.2, 0.25) is 5.91 Å². The minimum Gasteiger partial charge on any atom is -0.496 e. The van der Waals surface area contributed by atoms with Crippen LogP contribution in [0.2, 0.25) is 0 Å². The van der Waals surface area contributed by atoms with Crippen LogP contribution < -0.4 is 20.1 Å². The van der Waals surface area contributed by atoms with Gasteiger partial charge in [-0.3, -0.25) is 9.59 Å². The lowest BCUT2D eigenvalue weighted by atomic mass is 9.79. The first-order chi connectivity index (χ1) is 17.2. The molecule has 1 aliphatic carbocycles. The third-order valence-electron chi connectivity index (χ3n) is 7.91. The summed E-state index contributed by atoms with van der Waals surface area (Å²) in [7, 11) is 1.60. The van der Waals surface area contributed by atoms with Gasteiger partial charge in [0.1, 0.15) is 23.6 Å². The van der Waals surface area contributed by atoms with Crippen LogP contribution in [0.1, 0.15) is 59.2 Å². The van der Waals surface area contributed by atoms with Crippen molar-refractivity contribution in [2.75, 3.05) is 32.1 Å². The molecule has 2 amide bonds. The molecular formula is C28H34FN3O4.